The Hall–Kier alpha value is -3.45. The maximum Gasteiger partial charge on any atom is 0.259 e. The largest absolute Gasteiger partial charge is 0.340 e. The van der Waals surface area contributed by atoms with Crippen molar-refractivity contribution in [3.8, 4) is 11.4 Å². The van der Waals surface area contributed by atoms with Crippen LogP contribution < -0.4 is 16.2 Å². The second kappa shape index (κ2) is 7.52. The molecule has 0 amide bonds. The number of aromatic amines is 2. The summed E-state index contributed by atoms with van der Waals surface area (Å²) in [7, 11) is 0. The predicted molar refractivity (Wildman–Crippen MR) is 115 cm³/mol. The maximum atomic E-state index is 12.5. The molecule has 1 fully saturated rings. The van der Waals surface area contributed by atoms with E-state index in [0.717, 1.165) is 29.9 Å². The summed E-state index contributed by atoms with van der Waals surface area (Å²) < 4.78 is 0. The Morgan fingerprint density at radius 1 is 0.966 bits per heavy atom. The molecule has 1 aliphatic rings. The van der Waals surface area contributed by atoms with Gasteiger partial charge in [0.2, 0.25) is 0 Å². The highest BCUT2D eigenvalue weighted by Gasteiger charge is 2.16. The van der Waals surface area contributed by atoms with E-state index in [4.69, 9.17) is 0 Å². The first-order valence-corrected chi connectivity index (χ1v) is 9.88. The standard InChI is InChI=1S/C22H22N6O/c29-22-20-16(7-11-24-22)13-19(18-8-12-25-28-18)27-21(20)26-17-3-1-14(2-4-17)15-5-9-23-10-6-15/h1-4,7-8,11-13,15,23H,5-6,9-10H2,(H,24,29)(H,25,28)(H,26,27). The van der Waals surface area contributed by atoms with E-state index in [1.807, 2.05) is 18.2 Å². The lowest BCUT2D eigenvalue weighted by Gasteiger charge is -2.23. The number of hydrogen-bond donors (Lipinski definition) is 4. The fourth-order valence-corrected chi connectivity index (χ4v) is 3.97. The van der Waals surface area contributed by atoms with Crippen molar-refractivity contribution in [3.63, 3.8) is 0 Å². The molecule has 7 heteroatoms. The summed E-state index contributed by atoms with van der Waals surface area (Å²) in [6.45, 7) is 2.15. The molecule has 0 radical (unpaired) electrons. The molecule has 0 bridgehead atoms. The number of nitrogens with one attached hydrogen (secondary N) is 4. The zero-order chi connectivity index (χ0) is 19.6. The van der Waals surface area contributed by atoms with Crippen LogP contribution in [0.3, 0.4) is 0 Å². The summed E-state index contributed by atoms with van der Waals surface area (Å²) in [6.07, 6.45) is 5.74. The van der Waals surface area contributed by atoms with Crippen LogP contribution in [0.4, 0.5) is 11.5 Å². The molecule has 29 heavy (non-hydrogen) atoms. The highest BCUT2D eigenvalue weighted by molar-refractivity contribution is 5.94. The lowest BCUT2D eigenvalue weighted by Crippen LogP contribution is -2.26. The van der Waals surface area contributed by atoms with E-state index in [1.54, 1.807) is 12.4 Å². The van der Waals surface area contributed by atoms with Gasteiger partial charge in [-0.1, -0.05) is 12.1 Å². The molecule has 0 unspecified atom stereocenters. The number of hydrogen-bond acceptors (Lipinski definition) is 5. The van der Waals surface area contributed by atoms with Gasteiger partial charge in [-0.3, -0.25) is 9.89 Å². The first-order chi connectivity index (χ1) is 14.3. The Bertz CT molecular complexity index is 1170. The van der Waals surface area contributed by atoms with E-state index in [1.165, 1.54) is 18.4 Å². The van der Waals surface area contributed by atoms with Gasteiger partial charge >= 0.3 is 0 Å². The van der Waals surface area contributed by atoms with Gasteiger partial charge < -0.3 is 15.6 Å². The minimum atomic E-state index is -0.169. The Labute approximate surface area is 167 Å². The molecule has 4 N–H and O–H groups in total. The third-order valence-corrected chi connectivity index (χ3v) is 5.50. The summed E-state index contributed by atoms with van der Waals surface area (Å²) >= 11 is 0. The third kappa shape index (κ3) is 3.52. The molecule has 1 saturated heterocycles. The molecular weight excluding hydrogens is 364 g/mol. The van der Waals surface area contributed by atoms with Gasteiger partial charge in [-0.15, -0.1) is 0 Å². The van der Waals surface area contributed by atoms with Crippen LogP contribution in [0, 0.1) is 0 Å². The normalized spacial score (nSPS) is 14.9. The topological polar surface area (TPSA) is 98.5 Å². The number of anilines is 2. The second-order valence-corrected chi connectivity index (χ2v) is 7.36. The summed E-state index contributed by atoms with van der Waals surface area (Å²) in [5.41, 5.74) is 3.53. The van der Waals surface area contributed by atoms with Crippen LogP contribution in [-0.2, 0) is 0 Å². The molecule has 4 aromatic rings. The van der Waals surface area contributed by atoms with Crippen LogP contribution >= 0.6 is 0 Å². The maximum absolute atomic E-state index is 12.5. The number of piperidine rings is 1. The predicted octanol–water partition coefficient (Wildman–Crippen LogP) is 3.52. The zero-order valence-corrected chi connectivity index (χ0v) is 15.9. The molecule has 4 heterocycles. The van der Waals surface area contributed by atoms with Crippen molar-refractivity contribution in [1.82, 2.24) is 25.5 Å². The summed E-state index contributed by atoms with van der Waals surface area (Å²) in [6, 6.07) is 14.1. The van der Waals surface area contributed by atoms with Gasteiger partial charge in [0.1, 0.15) is 11.5 Å². The van der Waals surface area contributed by atoms with E-state index in [9.17, 15) is 4.79 Å². The fourth-order valence-electron chi connectivity index (χ4n) is 3.97. The molecule has 0 atom stereocenters. The number of H-pyrrole nitrogens is 2. The SMILES string of the molecule is O=c1[nH]ccc2cc(-c3cc[nH]n3)nc(Nc3ccc(C4CCNCC4)cc3)c12. The van der Waals surface area contributed by atoms with E-state index in [0.29, 0.717) is 22.8 Å². The minimum absolute atomic E-state index is 0.169. The Balaban J connectivity index is 1.51. The first-order valence-electron chi connectivity index (χ1n) is 9.88. The number of nitrogens with zero attached hydrogens (tertiary/aromatic N) is 2. The highest BCUT2D eigenvalue weighted by Crippen LogP contribution is 2.29. The number of pyridine rings is 2. The van der Waals surface area contributed by atoms with Crippen LogP contribution in [0.15, 0.2) is 59.7 Å². The molecule has 0 saturated carbocycles. The third-order valence-electron chi connectivity index (χ3n) is 5.50. The van der Waals surface area contributed by atoms with Crippen molar-refractivity contribution >= 4 is 22.3 Å². The van der Waals surface area contributed by atoms with Gasteiger partial charge in [-0.25, -0.2) is 4.98 Å². The highest BCUT2D eigenvalue weighted by atomic mass is 16.1. The van der Waals surface area contributed by atoms with Crippen LogP contribution in [0.5, 0.6) is 0 Å². The fraction of sp³-hybridized carbons (Fsp3) is 0.227. The summed E-state index contributed by atoms with van der Waals surface area (Å²) in [5.74, 6) is 1.13. The molecule has 0 aliphatic carbocycles. The number of aromatic nitrogens is 4. The monoisotopic (exact) mass is 386 g/mol. The Kier molecular flexibility index (Phi) is 4.57. The number of fused-ring (bicyclic) bond motifs is 1. The van der Waals surface area contributed by atoms with Crippen LogP contribution in [0.25, 0.3) is 22.2 Å². The van der Waals surface area contributed by atoms with E-state index >= 15 is 0 Å². The van der Waals surface area contributed by atoms with E-state index < -0.39 is 0 Å². The van der Waals surface area contributed by atoms with Gasteiger partial charge in [-0.05, 0) is 73.1 Å². The van der Waals surface area contributed by atoms with Gasteiger partial charge in [-0.2, -0.15) is 5.10 Å². The smallest absolute Gasteiger partial charge is 0.259 e. The average molecular weight is 386 g/mol. The Morgan fingerprint density at radius 2 is 1.79 bits per heavy atom. The Morgan fingerprint density at radius 3 is 2.55 bits per heavy atom. The molecule has 3 aromatic heterocycles. The van der Waals surface area contributed by atoms with Crippen molar-refractivity contribution in [1.29, 1.82) is 0 Å². The second-order valence-electron chi connectivity index (χ2n) is 7.36. The lowest BCUT2D eigenvalue weighted by molar-refractivity contribution is 0.460. The average Bonchev–Trinajstić information content (AvgIpc) is 3.30. The zero-order valence-electron chi connectivity index (χ0n) is 15.9. The van der Waals surface area contributed by atoms with Crippen LogP contribution in [-0.4, -0.2) is 33.3 Å². The summed E-state index contributed by atoms with van der Waals surface area (Å²) in [4.78, 5) is 19.9. The van der Waals surface area contributed by atoms with Gasteiger partial charge in [0, 0.05) is 18.1 Å². The van der Waals surface area contributed by atoms with Crippen molar-refractivity contribution in [2.75, 3.05) is 18.4 Å². The van der Waals surface area contributed by atoms with Gasteiger partial charge in [0.15, 0.2) is 0 Å². The first kappa shape index (κ1) is 17.6. The van der Waals surface area contributed by atoms with Crippen molar-refractivity contribution in [3.05, 3.63) is 70.8 Å². The molecule has 5 rings (SSSR count). The summed E-state index contributed by atoms with van der Waals surface area (Å²) in [5, 5.41) is 15.1. The van der Waals surface area contributed by atoms with Crippen molar-refractivity contribution in [2.45, 2.75) is 18.8 Å². The van der Waals surface area contributed by atoms with Gasteiger partial charge in [0.25, 0.3) is 5.56 Å². The van der Waals surface area contributed by atoms with E-state index in [2.05, 4.69) is 55.1 Å². The molecule has 146 valence electrons. The number of rotatable bonds is 4. The lowest BCUT2D eigenvalue weighted by atomic mass is 9.90. The van der Waals surface area contributed by atoms with Gasteiger partial charge in [0.05, 0.1) is 11.1 Å². The molecule has 7 nitrogen and oxygen atoms in total. The molecule has 1 aromatic carbocycles. The number of benzene rings is 1. The molecule has 0 spiro atoms. The molecule has 1 aliphatic heterocycles. The van der Waals surface area contributed by atoms with Crippen molar-refractivity contribution < 1.29 is 0 Å². The molecular formula is C22H22N6O. The van der Waals surface area contributed by atoms with Crippen LogP contribution in [0.2, 0.25) is 0 Å². The van der Waals surface area contributed by atoms with Crippen LogP contribution in [0.1, 0.15) is 24.3 Å². The minimum Gasteiger partial charge on any atom is -0.340 e. The van der Waals surface area contributed by atoms with E-state index in [-0.39, 0.29) is 5.56 Å². The van der Waals surface area contributed by atoms with Crippen molar-refractivity contribution in [2.24, 2.45) is 0 Å². The quantitative estimate of drug-likeness (QED) is 0.430.